The highest BCUT2D eigenvalue weighted by atomic mass is 16.5. The third kappa shape index (κ3) is 1.87. The summed E-state index contributed by atoms with van der Waals surface area (Å²) in [5.74, 6) is 0.991. The molecule has 88 valence electrons. The molecule has 0 saturated heterocycles. The lowest BCUT2D eigenvalue weighted by Gasteiger charge is -2.11. The lowest BCUT2D eigenvalue weighted by atomic mass is 10.00. The molecule has 0 amide bonds. The second-order valence-corrected chi connectivity index (χ2v) is 4.41. The van der Waals surface area contributed by atoms with Crippen molar-refractivity contribution in [1.29, 1.82) is 0 Å². The molecule has 0 unspecified atom stereocenters. The van der Waals surface area contributed by atoms with Gasteiger partial charge in [-0.15, -0.1) is 0 Å². The highest BCUT2D eigenvalue weighted by molar-refractivity contribution is 5.64. The fourth-order valence-corrected chi connectivity index (χ4v) is 2.28. The smallest absolute Gasteiger partial charge is 0.154 e. The Morgan fingerprint density at radius 1 is 1.29 bits per heavy atom. The Labute approximate surface area is 101 Å². The van der Waals surface area contributed by atoms with Crippen LogP contribution in [0.2, 0.25) is 0 Å². The molecule has 1 aliphatic rings. The fraction of sp³-hybridized carbons (Fsp3) is 0.357. The molecule has 1 aliphatic heterocycles. The maximum Gasteiger partial charge on any atom is 0.154 e. The van der Waals surface area contributed by atoms with E-state index in [4.69, 9.17) is 4.52 Å². The first kappa shape index (κ1) is 10.5. The number of rotatable bonds is 2. The SMILES string of the molecule is CCc1ccc(-c2noc3c2CCNC3)cc1. The lowest BCUT2D eigenvalue weighted by Crippen LogP contribution is -2.22. The average molecular weight is 228 g/mol. The quantitative estimate of drug-likeness (QED) is 0.858. The van der Waals surface area contributed by atoms with Crippen LogP contribution in [0.5, 0.6) is 0 Å². The maximum absolute atomic E-state index is 5.39. The van der Waals surface area contributed by atoms with Crippen LogP contribution in [0.15, 0.2) is 28.8 Å². The van der Waals surface area contributed by atoms with Gasteiger partial charge < -0.3 is 9.84 Å². The van der Waals surface area contributed by atoms with Crippen LogP contribution < -0.4 is 5.32 Å². The average Bonchev–Trinajstić information content (AvgIpc) is 2.83. The van der Waals surface area contributed by atoms with E-state index >= 15 is 0 Å². The minimum Gasteiger partial charge on any atom is -0.359 e. The number of nitrogens with one attached hydrogen (secondary N) is 1. The molecule has 0 saturated carbocycles. The van der Waals surface area contributed by atoms with Gasteiger partial charge in [0.25, 0.3) is 0 Å². The minimum atomic E-state index is 0.801. The van der Waals surface area contributed by atoms with Crippen LogP contribution >= 0.6 is 0 Å². The molecule has 2 heterocycles. The Balaban J connectivity index is 2.00. The van der Waals surface area contributed by atoms with Gasteiger partial charge in [-0.25, -0.2) is 0 Å². The standard InChI is InChI=1S/C14H16N2O/c1-2-10-3-5-11(6-4-10)14-12-7-8-15-9-13(12)17-16-14/h3-6,15H,2,7-9H2,1H3. The van der Waals surface area contributed by atoms with Gasteiger partial charge in [0.15, 0.2) is 5.76 Å². The van der Waals surface area contributed by atoms with E-state index in [1.54, 1.807) is 0 Å². The van der Waals surface area contributed by atoms with Crippen molar-refractivity contribution in [3.05, 3.63) is 41.2 Å². The predicted octanol–water partition coefficient (Wildman–Crippen LogP) is 2.55. The zero-order valence-electron chi connectivity index (χ0n) is 9.99. The topological polar surface area (TPSA) is 38.1 Å². The van der Waals surface area contributed by atoms with Gasteiger partial charge in [-0.05, 0) is 24.9 Å². The fourth-order valence-electron chi connectivity index (χ4n) is 2.28. The summed E-state index contributed by atoms with van der Waals surface area (Å²) >= 11 is 0. The van der Waals surface area contributed by atoms with Crippen molar-refractivity contribution in [2.45, 2.75) is 26.3 Å². The van der Waals surface area contributed by atoms with E-state index in [1.807, 2.05) is 0 Å². The van der Waals surface area contributed by atoms with E-state index < -0.39 is 0 Å². The lowest BCUT2D eigenvalue weighted by molar-refractivity contribution is 0.367. The molecule has 17 heavy (non-hydrogen) atoms. The van der Waals surface area contributed by atoms with Crippen molar-refractivity contribution in [2.24, 2.45) is 0 Å². The normalized spacial score (nSPS) is 14.6. The highest BCUT2D eigenvalue weighted by Gasteiger charge is 2.19. The molecule has 3 heteroatoms. The van der Waals surface area contributed by atoms with Crippen molar-refractivity contribution in [3.8, 4) is 11.3 Å². The molecule has 0 bridgehead atoms. The first-order valence-electron chi connectivity index (χ1n) is 6.16. The Morgan fingerprint density at radius 3 is 2.88 bits per heavy atom. The van der Waals surface area contributed by atoms with E-state index in [9.17, 15) is 0 Å². The van der Waals surface area contributed by atoms with Crippen molar-refractivity contribution in [3.63, 3.8) is 0 Å². The van der Waals surface area contributed by atoms with Crippen molar-refractivity contribution in [1.82, 2.24) is 10.5 Å². The number of aromatic nitrogens is 1. The van der Waals surface area contributed by atoms with Crippen molar-refractivity contribution in [2.75, 3.05) is 6.54 Å². The number of fused-ring (bicyclic) bond motifs is 1. The third-order valence-corrected chi connectivity index (χ3v) is 3.34. The highest BCUT2D eigenvalue weighted by Crippen LogP contribution is 2.27. The molecule has 2 aromatic rings. The molecule has 0 spiro atoms. The summed E-state index contributed by atoms with van der Waals surface area (Å²) in [7, 11) is 0. The molecule has 0 aliphatic carbocycles. The number of aryl methyl sites for hydroxylation is 1. The third-order valence-electron chi connectivity index (χ3n) is 3.34. The minimum absolute atomic E-state index is 0.801. The molecule has 1 aromatic carbocycles. The van der Waals surface area contributed by atoms with Gasteiger partial charge in [-0.2, -0.15) is 0 Å². The monoisotopic (exact) mass is 228 g/mol. The molecule has 0 atom stereocenters. The summed E-state index contributed by atoms with van der Waals surface area (Å²) in [6.07, 6.45) is 2.07. The number of hydrogen-bond acceptors (Lipinski definition) is 3. The maximum atomic E-state index is 5.39. The van der Waals surface area contributed by atoms with Crippen molar-refractivity contribution < 1.29 is 4.52 Å². The van der Waals surface area contributed by atoms with Crippen LogP contribution in [0.3, 0.4) is 0 Å². The van der Waals surface area contributed by atoms with Crippen LogP contribution in [0.25, 0.3) is 11.3 Å². The van der Waals surface area contributed by atoms with Gasteiger partial charge >= 0.3 is 0 Å². The summed E-state index contributed by atoms with van der Waals surface area (Å²) in [4.78, 5) is 0. The van der Waals surface area contributed by atoms with Gasteiger partial charge in [0, 0.05) is 11.1 Å². The first-order valence-corrected chi connectivity index (χ1v) is 6.16. The van der Waals surface area contributed by atoms with Gasteiger partial charge in [0.05, 0.1) is 6.54 Å². The number of nitrogens with zero attached hydrogens (tertiary/aromatic N) is 1. The molecule has 0 fully saturated rings. The van der Waals surface area contributed by atoms with E-state index in [-0.39, 0.29) is 0 Å². The Bertz CT molecular complexity index is 514. The van der Waals surface area contributed by atoms with Gasteiger partial charge in [-0.1, -0.05) is 36.3 Å². The molecule has 1 N–H and O–H groups in total. The molecule has 3 rings (SSSR count). The molecule has 0 radical (unpaired) electrons. The second kappa shape index (κ2) is 4.34. The van der Waals surface area contributed by atoms with Gasteiger partial charge in [-0.3, -0.25) is 0 Å². The molecular formula is C14H16N2O. The van der Waals surface area contributed by atoms with E-state index in [1.165, 1.54) is 11.1 Å². The van der Waals surface area contributed by atoms with Crippen LogP contribution in [0, 0.1) is 0 Å². The summed E-state index contributed by atoms with van der Waals surface area (Å²) < 4.78 is 5.39. The number of hydrogen-bond donors (Lipinski definition) is 1. The van der Waals surface area contributed by atoms with E-state index in [2.05, 4.69) is 41.7 Å². The zero-order valence-corrected chi connectivity index (χ0v) is 9.99. The summed E-state index contributed by atoms with van der Waals surface area (Å²) in [6.45, 7) is 3.97. The van der Waals surface area contributed by atoms with Crippen LogP contribution in [0.1, 0.15) is 23.8 Å². The predicted molar refractivity (Wildman–Crippen MR) is 66.7 cm³/mol. The summed E-state index contributed by atoms with van der Waals surface area (Å²) in [6, 6.07) is 8.60. The van der Waals surface area contributed by atoms with Gasteiger partial charge in [0.1, 0.15) is 5.69 Å². The zero-order chi connectivity index (χ0) is 11.7. The molecule has 1 aromatic heterocycles. The van der Waals surface area contributed by atoms with Crippen LogP contribution in [-0.2, 0) is 19.4 Å². The molecule has 3 nitrogen and oxygen atoms in total. The van der Waals surface area contributed by atoms with Gasteiger partial charge in [0.2, 0.25) is 0 Å². The van der Waals surface area contributed by atoms with Crippen LogP contribution in [0.4, 0.5) is 0 Å². The summed E-state index contributed by atoms with van der Waals surface area (Å²) in [5.41, 5.74) is 4.80. The first-order chi connectivity index (χ1) is 8.38. The largest absolute Gasteiger partial charge is 0.359 e. The Hall–Kier alpha value is -1.61. The molecular weight excluding hydrogens is 212 g/mol. The second-order valence-electron chi connectivity index (χ2n) is 4.41. The van der Waals surface area contributed by atoms with Crippen LogP contribution in [-0.4, -0.2) is 11.7 Å². The van der Waals surface area contributed by atoms with Crippen molar-refractivity contribution >= 4 is 0 Å². The van der Waals surface area contributed by atoms with E-state index in [0.29, 0.717) is 0 Å². The summed E-state index contributed by atoms with van der Waals surface area (Å²) in [5, 5.41) is 7.50. The Kier molecular flexibility index (Phi) is 2.69. The Morgan fingerprint density at radius 2 is 2.12 bits per heavy atom. The van der Waals surface area contributed by atoms with E-state index in [0.717, 1.165) is 42.9 Å². The number of benzene rings is 1.